The molecule has 2 heterocycles. The van der Waals surface area contributed by atoms with Crippen LogP contribution in [0.2, 0.25) is 0 Å². The lowest BCUT2D eigenvalue weighted by molar-refractivity contribution is 0.112. The summed E-state index contributed by atoms with van der Waals surface area (Å²) in [5, 5.41) is 0.728. The smallest absolute Gasteiger partial charge is 0.152 e. The third-order valence-electron chi connectivity index (χ3n) is 2.97. The maximum atomic E-state index is 11.1. The highest BCUT2D eigenvalue weighted by Gasteiger charge is 2.12. The van der Waals surface area contributed by atoms with Crippen molar-refractivity contribution >= 4 is 17.3 Å². The van der Waals surface area contributed by atoms with Crippen LogP contribution in [0.4, 0.5) is 0 Å². The number of carbonyl (C=O) groups excluding carboxylic acids is 1. The maximum absolute atomic E-state index is 11.1. The zero-order valence-corrected chi connectivity index (χ0v) is 10.3. The molecule has 2 aromatic heterocycles. The van der Waals surface area contributed by atoms with E-state index in [0.29, 0.717) is 16.9 Å². The maximum Gasteiger partial charge on any atom is 0.152 e. The van der Waals surface area contributed by atoms with Crippen molar-refractivity contribution in [2.45, 2.75) is 0 Å². The predicted molar refractivity (Wildman–Crippen MR) is 71.3 cm³/mol. The molecule has 0 unspecified atom stereocenters. The molecule has 0 aliphatic carbocycles. The molecule has 3 rings (SSSR count). The number of benzene rings is 1. The number of nitrogens with zero attached hydrogens (tertiary/aromatic N) is 2. The minimum absolute atomic E-state index is 0.549. The van der Waals surface area contributed by atoms with Crippen molar-refractivity contribution in [2.75, 3.05) is 7.11 Å². The molecule has 0 amide bonds. The number of aromatic amines is 1. The Bertz CT molecular complexity index is 749. The van der Waals surface area contributed by atoms with Crippen molar-refractivity contribution in [3.05, 3.63) is 42.4 Å². The van der Waals surface area contributed by atoms with Crippen LogP contribution in [0, 0.1) is 0 Å². The molecule has 0 spiro atoms. The molecular weight excluding hydrogens is 242 g/mol. The van der Waals surface area contributed by atoms with Gasteiger partial charge in [0.05, 0.1) is 18.2 Å². The Morgan fingerprint density at radius 1 is 1.32 bits per heavy atom. The Labute approximate surface area is 109 Å². The molecule has 0 radical (unpaired) electrons. The molecule has 1 aromatic carbocycles. The van der Waals surface area contributed by atoms with E-state index in [1.165, 1.54) is 6.33 Å². The van der Waals surface area contributed by atoms with Gasteiger partial charge in [0.1, 0.15) is 17.7 Å². The predicted octanol–water partition coefficient (Wildman–Crippen LogP) is 2.45. The Morgan fingerprint density at radius 3 is 3.00 bits per heavy atom. The van der Waals surface area contributed by atoms with Crippen LogP contribution in [0.5, 0.6) is 5.75 Å². The fourth-order valence-electron chi connectivity index (χ4n) is 2.07. The molecule has 0 bridgehead atoms. The molecule has 1 N–H and O–H groups in total. The Hall–Kier alpha value is -2.69. The van der Waals surface area contributed by atoms with Gasteiger partial charge in [-0.1, -0.05) is 12.1 Å². The Morgan fingerprint density at radius 2 is 2.21 bits per heavy atom. The van der Waals surface area contributed by atoms with Gasteiger partial charge in [-0.25, -0.2) is 9.97 Å². The van der Waals surface area contributed by atoms with Crippen LogP contribution < -0.4 is 4.74 Å². The van der Waals surface area contributed by atoms with E-state index in [2.05, 4.69) is 15.0 Å². The highest BCUT2D eigenvalue weighted by molar-refractivity contribution is 6.03. The van der Waals surface area contributed by atoms with Gasteiger partial charge in [-0.3, -0.25) is 4.79 Å². The van der Waals surface area contributed by atoms with Gasteiger partial charge < -0.3 is 9.72 Å². The summed E-state index contributed by atoms with van der Waals surface area (Å²) in [6.07, 6.45) is 3.91. The van der Waals surface area contributed by atoms with Crippen LogP contribution in [0.3, 0.4) is 0 Å². The molecule has 0 fully saturated rings. The minimum Gasteiger partial charge on any atom is -0.497 e. The first-order chi connectivity index (χ1) is 9.33. The number of hydrogen-bond donors (Lipinski definition) is 1. The van der Waals surface area contributed by atoms with Crippen LogP contribution in [-0.4, -0.2) is 28.3 Å². The number of fused-ring (bicyclic) bond motifs is 1. The van der Waals surface area contributed by atoms with Crippen LogP contribution in [0.1, 0.15) is 10.4 Å². The quantitative estimate of drug-likeness (QED) is 0.728. The van der Waals surface area contributed by atoms with Gasteiger partial charge in [-0.15, -0.1) is 0 Å². The lowest BCUT2D eigenvalue weighted by Gasteiger charge is -2.05. The van der Waals surface area contributed by atoms with Crippen molar-refractivity contribution in [3.63, 3.8) is 0 Å². The highest BCUT2D eigenvalue weighted by atomic mass is 16.5. The highest BCUT2D eigenvalue weighted by Crippen LogP contribution is 2.29. The van der Waals surface area contributed by atoms with Gasteiger partial charge in [0, 0.05) is 17.3 Å². The van der Waals surface area contributed by atoms with Crippen molar-refractivity contribution in [2.24, 2.45) is 0 Å². The topological polar surface area (TPSA) is 67.9 Å². The van der Waals surface area contributed by atoms with Gasteiger partial charge in [-0.2, -0.15) is 0 Å². The molecule has 0 aliphatic rings. The monoisotopic (exact) mass is 253 g/mol. The van der Waals surface area contributed by atoms with Gasteiger partial charge in [-0.05, 0) is 12.1 Å². The summed E-state index contributed by atoms with van der Waals surface area (Å²) >= 11 is 0. The summed E-state index contributed by atoms with van der Waals surface area (Å²) in [4.78, 5) is 22.5. The molecule has 0 saturated carbocycles. The largest absolute Gasteiger partial charge is 0.497 e. The molecule has 3 aromatic rings. The SMILES string of the molecule is COc1cccc(-c2ncnc3[nH]cc(C=O)c23)c1. The first-order valence-corrected chi connectivity index (χ1v) is 5.75. The normalized spacial score (nSPS) is 10.6. The minimum atomic E-state index is 0.549. The number of methoxy groups -OCH3 is 1. The number of ether oxygens (including phenoxy) is 1. The summed E-state index contributed by atoms with van der Waals surface area (Å²) in [5.41, 5.74) is 2.80. The van der Waals surface area contributed by atoms with E-state index in [1.54, 1.807) is 13.3 Å². The second kappa shape index (κ2) is 4.53. The molecule has 5 nitrogen and oxygen atoms in total. The lowest BCUT2D eigenvalue weighted by Crippen LogP contribution is -1.90. The average molecular weight is 253 g/mol. The van der Waals surface area contributed by atoms with Crippen LogP contribution in [0.25, 0.3) is 22.3 Å². The van der Waals surface area contributed by atoms with E-state index in [9.17, 15) is 4.79 Å². The zero-order chi connectivity index (χ0) is 13.2. The molecule has 19 heavy (non-hydrogen) atoms. The summed E-state index contributed by atoms with van der Waals surface area (Å²) in [6, 6.07) is 7.55. The van der Waals surface area contributed by atoms with E-state index in [4.69, 9.17) is 4.74 Å². The molecule has 94 valence electrons. The Balaban J connectivity index is 2.29. The number of hydrogen-bond acceptors (Lipinski definition) is 4. The summed E-state index contributed by atoms with van der Waals surface area (Å²) in [5.74, 6) is 0.743. The van der Waals surface area contributed by atoms with Gasteiger partial charge >= 0.3 is 0 Å². The van der Waals surface area contributed by atoms with Crippen molar-refractivity contribution in [1.29, 1.82) is 0 Å². The second-order valence-corrected chi connectivity index (χ2v) is 4.04. The lowest BCUT2D eigenvalue weighted by atomic mass is 10.1. The first-order valence-electron chi connectivity index (χ1n) is 5.75. The molecule has 0 saturated heterocycles. The number of nitrogens with one attached hydrogen (secondary N) is 1. The number of aromatic nitrogens is 3. The van der Waals surface area contributed by atoms with E-state index < -0.39 is 0 Å². The van der Waals surface area contributed by atoms with Crippen LogP contribution in [0.15, 0.2) is 36.8 Å². The number of carbonyl (C=O) groups is 1. The first kappa shape index (κ1) is 11.4. The van der Waals surface area contributed by atoms with E-state index >= 15 is 0 Å². The fraction of sp³-hybridized carbons (Fsp3) is 0.0714. The molecular formula is C14H11N3O2. The number of aldehydes is 1. The van der Waals surface area contributed by atoms with Crippen LogP contribution >= 0.6 is 0 Å². The molecule has 5 heteroatoms. The number of rotatable bonds is 3. The fourth-order valence-corrected chi connectivity index (χ4v) is 2.07. The van der Waals surface area contributed by atoms with E-state index in [1.807, 2.05) is 24.3 Å². The van der Waals surface area contributed by atoms with Gasteiger partial charge in [0.25, 0.3) is 0 Å². The summed E-state index contributed by atoms with van der Waals surface area (Å²) in [6.45, 7) is 0. The van der Waals surface area contributed by atoms with E-state index in [-0.39, 0.29) is 0 Å². The summed E-state index contributed by atoms with van der Waals surface area (Å²) in [7, 11) is 1.61. The Kier molecular flexibility index (Phi) is 2.72. The van der Waals surface area contributed by atoms with E-state index in [0.717, 1.165) is 23.0 Å². The van der Waals surface area contributed by atoms with Crippen molar-refractivity contribution in [3.8, 4) is 17.0 Å². The number of H-pyrrole nitrogens is 1. The summed E-state index contributed by atoms with van der Waals surface area (Å²) < 4.78 is 5.21. The van der Waals surface area contributed by atoms with Gasteiger partial charge in [0.2, 0.25) is 0 Å². The molecule has 0 atom stereocenters. The van der Waals surface area contributed by atoms with Crippen LogP contribution in [-0.2, 0) is 0 Å². The third kappa shape index (κ3) is 1.85. The average Bonchev–Trinajstić information content (AvgIpc) is 2.90. The van der Waals surface area contributed by atoms with Crippen molar-refractivity contribution in [1.82, 2.24) is 15.0 Å². The standard InChI is InChI=1S/C14H11N3O2/c1-19-11-4-2-3-9(5-11)13-12-10(7-18)6-15-14(12)17-8-16-13/h2-8H,1H3,(H,15,16,17). The molecule has 0 aliphatic heterocycles. The van der Waals surface area contributed by atoms with Gasteiger partial charge in [0.15, 0.2) is 6.29 Å². The zero-order valence-electron chi connectivity index (χ0n) is 10.3. The van der Waals surface area contributed by atoms with Crippen molar-refractivity contribution < 1.29 is 9.53 Å². The third-order valence-corrected chi connectivity index (χ3v) is 2.97. The second-order valence-electron chi connectivity index (χ2n) is 4.04.